The Bertz CT molecular complexity index is 145. The number of hydrogen-bond donors (Lipinski definition) is 1. The van der Waals surface area contributed by atoms with Crippen LogP contribution >= 0.6 is 12.4 Å². The summed E-state index contributed by atoms with van der Waals surface area (Å²) in [6.45, 7) is 3.83. The van der Waals surface area contributed by atoms with E-state index in [0.29, 0.717) is 6.61 Å². The lowest BCUT2D eigenvalue weighted by Crippen LogP contribution is -2.31. The first-order valence-electron chi connectivity index (χ1n) is 3.77. The van der Waals surface area contributed by atoms with E-state index in [4.69, 9.17) is 0 Å². The molecule has 0 aromatic heterocycles. The fraction of sp³-hybridized carbons (Fsp3) is 0.714. The predicted octanol–water partition coefficient (Wildman–Crippen LogP) is 0.717. The van der Waals surface area contributed by atoms with E-state index in [1.807, 2.05) is 0 Å². The summed E-state index contributed by atoms with van der Waals surface area (Å²) in [4.78, 5) is 21.3. The van der Waals surface area contributed by atoms with E-state index in [-0.39, 0.29) is 25.6 Å². The van der Waals surface area contributed by atoms with Gasteiger partial charge in [0.1, 0.15) is 6.54 Å². The van der Waals surface area contributed by atoms with Gasteiger partial charge in [-0.05, 0) is 13.8 Å². The molecule has 0 saturated heterocycles. The van der Waals surface area contributed by atoms with Gasteiger partial charge in [-0.3, -0.25) is 4.79 Å². The number of nitrogens with one attached hydrogen (secondary N) is 1. The maximum Gasteiger partial charge on any atom is 0.407 e. The second kappa shape index (κ2) is 9.12. The lowest BCUT2D eigenvalue weighted by molar-refractivity contribution is -0.141. The molecule has 6 heteroatoms. The minimum absolute atomic E-state index is 0. The monoisotopic (exact) mass is 211 g/mol. The minimum Gasteiger partial charge on any atom is -0.465 e. The van der Waals surface area contributed by atoms with Gasteiger partial charge in [0, 0.05) is 0 Å². The van der Waals surface area contributed by atoms with E-state index in [2.05, 4.69) is 14.8 Å². The van der Waals surface area contributed by atoms with Gasteiger partial charge in [-0.25, -0.2) is 4.79 Å². The lowest BCUT2D eigenvalue weighted by Gasteiger charge is -2.03. The van der Waals surface area contributed by atoms with E-state index in [9.17, 15) is 9.59 Å². The molecule has 0 spiro atoms. The average Bonchev–Trinajstić information content (AvgIpc) is 2.02. The molecular formula is C7H14ClNO4. The van der Waals surface area contributed by atoms with Gasteiger partial charge in [0.2, 0.25) is 0 Å². The largest absolute Gasteiger partial charge is 0.465 e. The van der Waals surface area contributed by atoms with Crippen LogP contribution in [0.25, 0.3) is 0 Å². The molecule has 0 bridgehead atoms. The molecule has 0 aliphatic heterocycles. The molecule has 0 atom stereocenters. The summed E-state index contributed by atoms with van der Waals surface area (Å²) < 4.78 is 9.07. The van der Waals surface area contributed by atoms with Gasteiger partial charge < -0.3 is 14.8 Å². The number of ether oxygens (including phenoxy) is 2. The molecule has 0 aromatic carbocycles. The van der Waals surface area contributed by atoms with E-state index >= 15 is 0 Å². The maximum absolute atomic E-state index is 10.7. The van der Waals surface area contributed by atoms with Crippen molar-refractivity contribution in [2.75, 3.05) is 19.8 Å². The van der Waals surface area contributed by atoms with Crippen LogP contribution in [0.5, 0.6) is 0 Å². The second-order valence-electron chi connectivity index (χ2n) is 1.88. The molecule has 0 radical (unpaired) electrons. The maximum atomic E-state index is 10.7. The van der Waals surface area contributed by atoms with Crippen molar-refractivity contribution in [1.82, 2.24) is 5.32 Å². The zero-order valence-electron chi connectivity index (χ0n) is 7.66. The highest BCUT2D eigenvalue weighted by Crippen LogP contribution is 1.78. The van der Waals surface area contributed by atoms with Crippen LogP contribution in [0.4, 0.5) is 4.79 Å². The Hall–Kier alpha value is -0.970. The number of carbonyl (C=O) groups excluding carboxylic acids is 2. The summed E-state index contributed by atoms with van der Waals surface area (Å²) in [5.41, 5.74) is 0. The Labute approximate surface area is 83.2 Å². The number of halogens is 1. The van der Waals surface area contributed by atoms with E-state index in [1.165, 1.54) is 0 Å². The number of esters is 1. The predicted molar refractivity (Wildman–Crippen MR) is 48.9 cm³/mol. The Kier molecular flexibility index (Phi) is 10.2. The molecule has 0 aromatic rings. The van der Waals surface area contributed by atoms with Gasteiger partial charge in [0.05, 0.1) is 13.2 Å². The van der Waals surface area contributed by atoms with Crippen LogP contribution in [0.3, 0.4) is 0 Å². The van der Waals surface area contributed by atoms with Crippen LogP contribution in [0, 0.1) is 0 Å². The molecule has 0 rings (SSSR count). The molecule has 0 saturated carbocycles. The van der Waals surface area contributed by atoms with Gasteiger partial charge in [-0.1, -0.05) is 0 Å². The molecular weight excluding hydrogens is 198 g/mol. The summed E-state index contributed by atoms with van der Waals surface area (Å²) in [5.74, 6) is -0.467. The summed E-state index contributed by atoms with van der Waals surface area (Å²) in [6, 6.07) is 0. The molecule has 0 aliphatic carbocycles. The van der Waals surface area contributed by atoms with Gasteiger partial charge in [-0.2, -0.15) is 0 Å². The third-order valence-corrected chi connectivity index (χ3v) is 0.958. The number of hydrogen-bond acceptors (Lipinski definition) is 4. The second-order valence-corrected chi connectivity index (χ2v) is 1.88. The molecule has 1 amide bonds. The standard InChI is InChI=1S/C7H13NO4.ClH/c1-3-11-6(9)5-8-7(10)12-4-2;/h3-5H2,1-2H3,(H,8,10);1H. The Morgan fingerprint density at radius 1 is 1.15 bits per heavy atom. The molecule has 0 heterocycles. The molecule has 0 unspecified atom stereocenters. The number of rotatable bonds is 4. The quantitative estimate of drug-likeness (QED) is 0.696. The van der Waals surface area contributed by atoms with Crippen LogP contribution in [-0.4, -0.2) is 31.8 Å². The van der Waals surface area contributed by atoms with Crippen molar-refractivity contribution in [3.63, 3.8) is 0 Å². The van der Waals surface area contributed by atoms with Crippen molar-refractivity contribution in [3.05, 3.63) is 0 Å². The van der Waals surface area contributed by atoms with Crippen LogP contribution in [0.2, 0.25) is 0 Å². The summed E-state index contributed by atoms with van der Waals surface area (Å²) >= 11 is 0. The highest BCUT2D eigenvalue weighted by Gasteiger charge is 2.04. The fourth-order valence-corrected chi connectivity index (χ4v) is 0.538. The minimum atomic E-state index is -0.606. The highest BCUT2D eigenvalue weighted by molar-refractivity contribution is 5.85. The smallest absolute Gasteiger partial charge is 0.407 e. The molecule has 78 valence electrons. The van der Waals surface area contributed by atoms with Gasteiger partial charge in [-0.15, -0.1) is 12.4 Å². The highest BCUT2D eigenvalue weighted by atomic mass is 35.5. The summed E-state index contributed by atoms with van der Waals surface area (Å²) in [5, 5.41) is 2.23. The van der Waals surface area contributed by atoms with E-state index in [0.717, 1.165) is 0 Å². The normalized spacial score (nSPS) is 8.15. The Morgan fingerprint density at radius 3 is 2.15 bits per heavy atom. The number of alkyl carbamates (subject to hydrolysis) is 1. The third-order valence-electron chi connectivity index (χ3n) is 0.958. The van der Waals surface area contributed by atoms with Crippen molar-refractivity contribution >= 4 is 24.5 Å². The molecule has 0 aliphatic rings. The van der Waals surface area contributed by atoms with Gasteiger partial charge in [0.25, 0.3) is 0 Å². The van der Waals surface area contributed by atoms with Crippen molar-refractivity contribution in [2.45, 2.75) is 13.8 Å². The first kappa shape index (κ1) is 14.5. The van der Waals surface area contributed by atoms with Crippen molar-refractivity contribution in [2.24, 2.45) is 0 Å². The lowest BCUT2D eigenvalue weighted by atomic mass is 10.6. The van der Waals surface area contributed by atoms with E-state index in [1.54, 1.807) is 13.8 Å². The SMILES string of the molecule is CCOC(=O)CNC(=O)OCC.Cl. The fourth-order valence-electron chi connectivity index (χ4n) is 0.538. The molecule has 13 heavy (non-hydrogen) atoms. The summed E-state index contributed by atoms with van der Waals surface area (Å²) in [7, 11) is 0. The van der Waals surface area contributed by atoms with Crippen molar-refractivity contribution in [3.8, 4) is 0 Å². The molecule has 5 nitrogen and oxygen atoms in total. The summed E-state index contributed by atoms with van der Waals surface area (Å²) in [6.07, 6.45) is -0.606. The topological polar surface area (TPSA) is 64.6 Å². The molecule has 1 N–H and O–H groups in total. The van der Waals surface area contributed by atoms with E-state index < -0.39 is 12.1 Å². The van der Waals surface area contributed by atoms with Crippen LogP contribution in [0.1, 0.15) is 13.8 Å². The molecule has 0 fully saturated rings. The van der Waals surface area contributed by atoms with Crippen LogP contribution in [0.15, 0.2) is 0 Å². The van der Waals surface area contributed by atoms with Gasteiger partial charge in [0.15, 0.2) is 0 Å². The number of carbonyl (C=O) groups is 2. The van der Waals surface area contributed by atoms with Gasteiger partial charge >= 0.3 is 12.1 Å². The van der Waals surface area contributed by atoms with Crippen LogP contribution < -0.4 is 5.32 Å². The van der Waals surface area contributed by atoms with Crippen molar-refractivity contribution < 1.29 is 19.1 Å². The zero-order valence-corrected chi connectivity index (χ0v) is 8.48. The first-order valence-corrected chi connectivity index (χ1v) is 3.77. The van der Waals surface area contributed by atoms with Crippen LogP contribution in [-0.2, 0) is 14.3 Å². The Morgan fingerprint density at radius 2 is 1.69 bits per heavy atom. The average molecular weight is 212 g/mol. The first-order chi connectivity index (χ1) is 5.70. The van der Waals surface area contributed by atoms with Crippen molar-refractivity contribution in [1.29, 1.82) is 0 Å². The third kappa shape index (κ3) is 8.94. The number of amides is 1. The zero-order chi connectivity index (χ0) is 9.40. The Balaban J connectivity index is 0.